The Balaban J connectivity index is 1.61. The first-order chi connectivity index (χ1) is 7.92. The summed E-state index contributed by atoms with van der Waals surface area (Å²) in [4.78, 5) is 0. The van der Waals surface area contributed by atoms with Gasteiger partial charge in [-0.1, -0.05) is 36.8 Å². The molecule has 2 nitrogen and oxygen atoms in total. The van der Waals surface area contributed by atoms with Crippen LogP contribution in [0.4, 0.5) is 0 Å². The highest BCUT2D eigenvalue weighted by atomic mass is 32.2. The zero-order valence-electron chi connectivity index (χ0n) is 9.51. The van der Waals surface area contributed by atoms with Gasteiger partial charge < -0.3 is 0 Å². The second kappa shape index (κ2) is 4.78. The van der Waals surface area contributed by atoms with Crippen LogP contribution in [0.3, 0.4) is 0 Å². The first kappa shape index (κ1) is 10.6. The van der Waals surface area contributed by atoms with E-state index in [1.165, 1.54) is 37.9 Å². The lowest BCUT2D eigenvalue weighted by Crippen LogP contribution is -2.31. The highest BCUT2D eigenvalue weighted by molar-refractivity contribution is 7.94. The van der Waals surface area contributed by atoms with E-state index in [0.29, 0.717) is 0 Å². The zero-order valence-corrected chi connectivity index (χ0v) is 10.3. The summed E-state index contributed by atoms with van der Waals surface area (Å²) < 4.78 is 5.08. The third-order valence-corrected chi connectivity index (χ3v) is 4.61. The number of benzene rings is 1. The molecule has 2 aliphatic heterocycles. The van der Waals surface area contributed by atoms with Crippen molar-refractivity contribution in [2.24, 2.45) is 0 Å². The summed E-state index contributed by atoms with van der Waals surface area (Å²) in [6.07, 6.45) is 4.18. The van der Waals surface area contributed by atoms with Crippen molar-refractivity contribution < 1.29 is 0 Å². The molecule has 2 aliphatic rings. The standard InChI is InChI=1S/C13H18N2S/c1-2-6-12(7-3-1)10-14-11-13-8-4-5-9-15(13)16-14/h1-3,6-7,13H,4-5,8-11H2. The quantitative estimate of drug-likeness (QED) is 0.727. The summed E-state index contributed by atoms with van der Waals surface area (Å²) in [5.74, 6) is 0. The normalized spacial score (nSPS) is 26.9. The first-order valence-electron chi connectivity index (χ1n) is 6.15. The molecule has 2 fully saturated rings. The van der Waals surface area contributed by atoms with E-state index >= 15 is 0 Å². The molecule has 86 valence electrons. The van der Waals surface area contributed by atoms with Crippen LogP contribution in [0.15, 0.2) is 30.3 Å². The lowest BCUT2D eigenvalue weighted by Gasteiger charge is -2.25. The molecule has 1 aromatic rings. The van der Waals surface area contributed by atoms with Gasteiger partial charge in [0.05, 0.1) is 0 Å². The topological polar surface area (TPSA) is 6.48 Å². The smallest absolute Gasteiger partial charge is 0.0353 e. The molecule has 0 spiro atoms. The SMILES string of the molecule is c1ccc(CN2CC3CCCCN3S2)cc1. The second-order valence-corrected chi connectivity index (χ2v) is 5.83. The Morgan fingerprint density at radius 3 is 2.88 bits per heavy atom. The molecule has 3 heteroatoms. The average molecular weight is 234 g/mol. The number of nitrogens with zero attached hydrogens (tertiary/aromatic N) is 2. The molecule has 3 rings (SSSR count). The first-order valence-corrected chi connectivity index (χ1v) is 6.88. The minimum atomic E-state index is 0.808. The van der Waals surface area contributed by atoms with E-state index in [1.807, 2.05) is 12.1 Å². The lowest BCUT2D eigenvalue weighted by atomic mass is 10.1. The monoisotopic (exact) mass is 234 g/mol. The molecule has 1 unspecified atom stereocenters. The highest BCUT2D eigenvalue weighted by Gasteiger charge is 2.33. The fraction of sp³-hybridized carbons (Fsp3) is 0.538. The number of fused-ring (bicyclic) bond motifs is 1. The molecule has 0 aromatic heterocycles. The van der Waals surface area contributed by atoms with Crippen LogP contribution in [-0.4, -0.2) is 27.7 Å². The molecule has 2 saturated heterocycles. The van der Waals surface area contributed by atoms with E-state index in [0.717, 1.165) is 12.6 Å². The summed E-state index contributed by atoms with van der Waals surface area (Å²) in [5.41, 5.74) is 1.43. The molecule has 0 amide bonds. The fourth-order valence-electron chi connectivity index (χ4n) is 2.56. The van der Waals surface area contributed by atoms with Gasteiger partial charge in [0.2, 0.25) is 0 Å². The van der Waals surface area contributed by atoms with E-state index in [2.05, 4.69) is 38.9 Å². The van der Waals surface area contributed by atoms with Crippen molar-refractivity contribution in [3.05, 3.63) is 35.9 Å². The van der Waals surface area contributed by atoms with Crippen LogP contribution in [0, 0.1) is 0 Å². The maximum absolute atomic E-state index is 2.58. The van der Waals surface area contributed by atoms with Gasteiger partial charge in [-0.25, -0.2) is 8.61 Å². The van der Waals surface area contributed by atoms with Gasteiger partial charge in [0.25, 0.3) is 0 Å². The molecule has 0 N–H and O–H groups in total. The number of hydrogen-bond acceptors (Lipinski definition) is 3. The van der Waals surface area contributed by atoms with Gasteiger partial charge in [0.1, 0.15) is 0 Å². The molecule has 1 aromatic carbocycles. The van der Waals surface area contributed by atoms with Gasteiger partial charge in [-0.2, -0.15) is 0 Å². The van der Waals surface area contributed by atoms with Gasteiger partial charge in [0.15, 0.2) is 0 Å². The minimum absolute atomic E-state index is 0.808. The van der Waals surface area contributed by atoms with Crippen molar-refractivity contribution in [3.8, 4) is 0 Å². The molecule has 0 aliphatic carbocycles. The minimum Gasteiger partial charge on any atom is -0.233 e. The van der Waals surface area contributed by atoms with Crippen molar-refractivity contribution in [3.63, 3.8) is 0 Å². The van der Waals surface area contributed by atoms with Gasteiger partial charge in [-0.05, 0) is 18.4 Å². The van der Waals surface area contributed by atoms with Crippen LogP contribution in [0.5, 0.6) is 0 Å². The molecule has 0 saturated carbocycles. The third-order valence-electron chi connectivity index (χ3n) is 3.41. The fourth-order valence-corrected chi connectivity index (χ4v) is 3.82. The van der Waals surface area contributed by atoms with Crippen LogP contribution >= 0.6 is 12.1 Å². The summed E-state index contributed by atoms with van der Waals surface area (Å²) in [7, 11) is 0. The molecule has 2 heterocycles. The predicted octanol–water partition coefficient (Wildman–Crippen LogP) is 2.92. The molecule has 16 heavy (non-hydrogen) atoms. The Labute approximate surface area is 102 Å². The van der Waals surface area contributed by atoms with E-state index in [1.54, 1.807) is 0 Å². The van der Waals surface area contributed by atoms with Crippen LogP contribution in [0.2, 0.25) is 0 Å². The summed E-state index contributed by atoms with van der Waals surface area (Å²) in [5, 5.41) is 0. The van der Waals surface area contributed by atoms with Gasteiger partial charge >= 0.3 is 0 Å². The average Bonchev–Trinajstić information content (AvgIpc) is 2.72. The number of hydrogen-bond donors (Lipinski definition) is 0. The molecule has 1 atom stereocenters. The largest absolute Gasteiger partial charge is 0.233 e. The lowest BCUT2D eigenvalue weighted by molar-refractivity contribution is 0.279. The number of piperidine rings is 1. The maximum Gasteiger partial charge on any atom is 0.0353 e. The van der Waals surface area contributed by atoms with E-state index in [-0.39, 0.29) is 0 Å². The summed E-state index contributed by atoms with van der Waals surface area (Å²) in [6, 6.07) is 11.6. The maximum atomic E-state index is 2.58. The van der Waals surface area contributed by atoms with Crippen molar-refractivity contribution >= 4 is 12.1 Å². The van der Waals surface area contributed by atoms with Crippen LogP contribution < -0.4 is 0 Å². The van der Waals surface area contributed by atoms with Gasteiger partial charge in [-0.15, -0.1) is 0 Å². The van der Waals surface area contributed by atoms with Gasteiger partial charge in [0, 0.05) is 37.8 Å². The Kier molecular flexibility index (Phi) is 3.18. The predicted molar refractivity (Wildman–Crippen MR) is 68.8 cm³/mol. The number of rotatable bonds is 2. The molecule has 0 bridgehead atoms. The van der Waals surface area contributed by atoms with E-state index < -0.39 is 0 Å². The second-order valence-electron chi connectivity index (χ2n) is 4.68. The Bertz CT molecular complexity index is 327. The molecular formula is C13H18N2S. The van der Waals surface area contributed by atoms with Gasteiger partial charge in [-0.3, -0.25) is 0 Å². The summed E-state index contributed by atoms with van der Waals surface area (Å²) >= 11 is 1.96. The Morgan fingerprint density at radius 1 is 1.19 bits per heavy atom. The van der Waals surface area contributed by atoms with Crippen LogP contribution in [0.1, 0.15) is 24.8 Å². The van der Waals surface area contributed by atoms with Crippen molar-refractivity contribution in [1.82, 2.24) is 8.61 Å². The van der Waals surface area contributed by atoms with Crippen molar-refractivity contribution in [1.29, 1.82) is 0 Å². The van der Waals surface area contributed by atoms with E-state index in [4.69, 9.17) is 0 Å². The zero-order chi connectivity index (χ0) is 10.8. The van der Waals surface area contributed by atoms with Crippen LogP contribution in [0.25, 0.3) is 0 Å². The summed E-state index contributed by atoms with van der Waals surface area (Å²) in [6.45, 7) is 3.60. The molecular weight excluding hydrogens is 216 g/mol. The van der Waals surface area contributed by atoms with E-state index in [9.17, 15) is 0 Å². The molecule has 0 radical (unpaired) electrons. The van der Waals surface area contributed by atoms with Crippen molar-refractivity contribution in [2.45, 2.75) is 31.8 Å². The Morgan fingerprint density at radius 2 is 2.06 bits per heavy atom. The third kappa shape index (κ3) is 2.26. The van der Waals surface area contributed by atoms with Crippen LogP contribution in [-0.2, 0) is 6.54 Å². The van der Waals surface area contributed by atoms with Crippen molar-refractivity contribution in [2.75, 3.05) is 13.1 Å². The Hall–Kier alpha value is -0.510. The highest BCUT2D eigenvalue weighted by Crippen LogP contribution is 2.35.